The van der Waals surface area contributed by atoms with Crippen LogP contribution in [0.1, 0.15) is 25.8 Å². The number of anilines is 3. The molecular formula is C15H20N4. The summed E-state index contributed by atoms with van der Waals surface area (Å²) in [6.45, 7) is 5.08. The Morgan fingerprint density at radius 3 is 2.42 bits per heavy atom. The first kappa shape index (κ1) is 13.3. The Hall–Kier alpha value is -2.10. The summed E-state index contributed by atoms with van der Waals surface area (Å²) in [4.78, 5) is 8.36. The molecule has 100 valence electrons. The second kappa shape index (κ2) is 6.73. The van der Waals surface area contributed by atoms with E-state index in [1.165, 1.54) is 12.0 Å². The second-order valence-electron chi connectivity index (χ2n) is 4.39. The Balaban J connectivity index is 2.05. The zero-order valence-corrected chi connectivity index (χ0v) is 11.5. The first-order valence-corrected chi connectivity index (χ1v) is 6.73. The van der Waals surface area contributed by atoms with Gasteiger partial charge in [0.05, 0.1) is 0 Å². The molecule has 0 aliphatic heterocycles. The van der Waals surface area contributed by atoms with Gasteiger partial charge in [-0.2, -0.15) is 0 Å². The number of benzene rings is 1. The van der Waals surface area contributed by atoms with Gasteiger partial charge in [0.25, 0.3) is 0 Å². The molecule has 0 saturated heterocycles. The third-order valence-electron chi connectivity index (χ3n) is 2.79. The molecule has 19 heavy (non-hydrogen) atoms. The average molecular weight is 256 g/mol. The first-order valence-electron chi connectivity index (χ1n) is 6.73. The molecular weight excluding hydrogens is 236 g/mol. The highest BCUT2D eigenvalue weighted by molar-refractivity contribution is 5.59. The van der Waals surface area contributed by atoms with Gasteiger partial charge >= 0.3 is 0 Å². The number of hydrogen-bond acceptors (Lipinski definition) is 4. The van der Waals surface area contributed by atoms with E-state index >= 15 is 0 Å². The number of aryl methyl sites for hydroxylation is 1. The molecule has 2 N–H and O–H groups in total. The summed E-state index contributed by atoms with van der Waals surface area (Å²) in [6, 6.07) is 10.4. The molecule has 0 radical (unpaired) electrons. The summed E-state index contributed by atoms with van der Waals surface area (Å²) in [7, 11) is 0. The molecule has 4 nitrogen and oxygen atoms in total. The molecule has 0 aliphatic carbocycles. The van der Waals surface area contributed by atoms with Crippen molar-refractivity contribution in [2.24, 2.45) is 0 Å². The molecule has 1 heterocycles. The summed E-state index contributed by atoms with van der Waals surface area (Å²) in [6.07, 6.45) is 3.86. The lowest BCUT2D eigenvalue weighted by atomic mass is 10.1. The Bertz CT molecular complexity index is 508. The lowest BCUT2D eigenvalue weighted by molar-refractivity contribution is 0.922. The van der Waals surface area contributed by atoms with Gasteiger partial charge in [0.2, 0.25) is 0 Å². The fourth-order valence-corrected chi connectivity index (χ4v) is 1.89. The molecule has 0 atom stereocenters. The monoisotopic (exact) mass is 256 g/mol. The standard InChI is InChI=1S/C15H20N4/c1-3-5-12-6-8-13(9-7-12)19-15-10-14(16-4-2)17-11-18-15/h6-11H,3-5H2,1-2H3,(H2,16,17,18,19). The van der Waals surface area contributed by atoms with E-state index in [1.807, 2.05) is 13.0 Å². The highest BCUT2D eigenvalue weighted by Crippen LogP contribution is 2.17. The lowest BCUT2D eigenvalue weighted by Gasteiger charge is -2.08. The topological polar surface area (TPSA) is 49.8 Å². The normalized spacial score (nSPS) is 10.2. The van der Waals surface area contributed by atoms with Gasteiger partial charge in [0.1, 0.15) is 18.0 Å². The molecule has 0 amide bonds. The molecule has 1 aromatic heterocycles. The van der Waals surface area contributed by atoms with E-state index in [0.29, 0.717) is 0 Å². The Kier molecular flexibility index (Phi) is 4.72. The van der Waals surface area contributed by atoms with Gasteiger partial charge in [-0.25, -0.2) is 9.97 Å². The van der Waals surface area contributed by atoms with Crippen molar-refractivity contribution in [1.82, 2.24) is 9.97 Å². The molecule has 0 spiro atoms. The predicted octanol–water partition coefficient (Wildman–Crippen LogP) is 3.60. The first-order chi connectivity index (χ1) is 9.31. The fraction of sp³-hybridized carbons (Fsp3) is 0.333. The van der Waals surface area contributed by atoms with E-state index in [-0.39, 0.29) is 0 Å². The summed E-state index contributed by atoms with van der Waals surface area (Å²) in [5.74, 6) is 1.64. The van der Waals surface area contributed by atoms with Crippen LogP contribution in [0, 0.1) is 0 Å². The number of nitrogens with zero attached hydrogens (tertiary/aromatic N) is 2. The summed E-state index contributed by atoms with van der Waals surface area (Å²) in [5, 5.41) is 6.45. The SMILES string of the molecule is CCCc1ccc(Nc2cc(NCC)ncn2)cc1. The van der Waals surface area contributed by atoms with Crippen molar-refractivity contribution in [2.75, 3.05) is 17.2 Å². The zero-order valence-electron chi connectivity index (χ0n) is 11.5. The molecule has 0 unspecified atom stereocenters. The minimum atomic E-state index is 0.800. The van der Waals surface area contributed by atoms with Crippen LogP contribution in [0.5, 0.6) is 0 Å². The van der Waals surface area contributed by atoms with E-state index in [9.17, 15) is 0 Å². The molecule has 0 aliphatic rings. The summed E-state index contributed by atoms with van der Waals surface area (Å²) >= 11 is 0. The van der Waals surface area contributed by atoms with Crippen LogP contribution in [0.25, 0.3) is 0 Å². The van der Waals surface area contributed by atoms with Crippen LogP contribution in [0.4, 0.5) is 17.3 Å². The highest BCUT2D eigenvalue weighted by Gasteiger charge is 1.99. The van der Waals surface area contributed by atoms with Crippen molar-refractivity contribution in [1.29, 1.82) is 0 Å². The number of aromatic nitrogens is 2. The van der Waals surface area contributed by atoms with Crippen LogP contribution in [0.15, 0.2) is 36.7 Å². The van der Waals surface area contributed by atoms with Crippen LogP contribution < -0.4 is 10.6 Å². The van der Waals surface area contributed by atoms with Crippen molar-refractivity contribution < 1.29 is 0 Å². The van der Waals surface area contributed by atoms with Crippen molar-refractivity contribution in [3.05, 3.63) is 42.2 Å². The Morgan fingerprint density at radius 2 is 1.74 bits per heavy atom. The molecule has 0 saturated carbocycles. The van der Waals surface area contributed by atoms with Crippen molar-refractivity contribution >= 4 is 17.3 Å². The molecule has 2 aromatic rings. The number of rotatable bonds is 6. The molecule has 1 aromatic carbocycles. The third kappa shape index (κ3) is 3.95. The molecule has 0 fully saturated rings. The minimum absolute atomic E-state index is 0.800. The van der Waals surface area contributed by atoms with Gasteiger partial charge in [-0.1, -0.05) is 25.5 Å². The number of nitrogens with one attached hydrogen (secondary N) is 2. The fourth-order valence-electron chi connectivity index (χ4n) is 1.89. The third-order valence-corrected chi connectivity index (χ3v) is 2.79. The second-order valence-corrected chi connectivity index (χ2v) is 4.39. The Morgan fingerprint density at radius 1 is 1.00 bits per heavy atom. The molecule has 2 rings (SSSR count). The number of hydrogen-bond donors (Lipinski definition) is 2. The van der Waals surface area contributed by atoms with E-state index < -0.39 is 0 Å². The zero-order chi connectivity index (χ0) is 13.5. The lowest BCUT2D eigenvalue weighted by Crippen LogP contribution is -2.01. The van der Waals surface area contributed by atoms with Crippen molar-refractivity contribution in [3.63, 3.8) is 0 Å². The summed E-state index contributed by atoms with van der Waals surface area (Å²) in [5.41, 5.74) is 2.41. The van der Waals surface area contributed by atoms with E-state index in [1.54, 1.807) is 6.33 Å². The van der Waals surface area contributed by atoms with Gasteiger partial charge in [-0.15, -0.1) is 0 Å². The smallest absolute Gasteiger partial charge is 0.135 e. The van der Waals surface area contributed by atoms with Crippen molar-refractivity contribution in [2.45, 2.75) is 26.7 Å². The van der Waals surface area contributed by atoms with Crippen LogP contribution in [0.2, 0.25) is 0 Å². The van der Waals surface area contributed by atoms with Crippen LogP contribution in [-0.2, 0) is 6.42 Å². The van der Waals surface area contributed by atoms with E-state index in [4.69, 9.17) is 0 Å². The Labute approximate surface area is 114 Å². The molecule has 4 heteroatoms. The van der Waals surface area contributed by atoms with Crippen LogP contribution >= 0.6 is 0 Å². The van der Waals surface area contributed by atoms with Gasteiger partial charge in [-0.3, -0.25) is 0 Å². The van der Waals surface area contributed by atoms with E-state index in [2.05, 4.69) is 51.8 Å². The van der Waals surface area contributed by atoms with Crippen molar-refractivity contribution in [3.8, 4) is 0 Å². The minimum Gasteiger partial charge on any atom is -0.370 e. The van der Waals surface area contributed by atoms with Gasteiger partial charge in [0, 0.05) is 18.3 Å². The van der Waals surface area contributed by atoms with Gasteiger partial charge < -0.3 is 10.6 Å². The van der Waals surface area contributed by atoms with Crippen LogP contribution in [0.3, 0.4) is 0 Å². The summed E-state index contributed by atoms with van der Waals surface area (Å²) < 4.78 is 0. The van der Waals surface area contributed by atoms with Gasteiger partial charge in [-0.05, 0) is 31.0 Å². The molecule has 0 bridgehead atoms. The quantitative estimate of drug-likeness (QED) is 0.829. The highest BCUT2D eigenvalue weighted by atomic mass is 15.1. The maximum Gasteiger partial charge on any atom is 0.135 e. The van der Waals surface area contributed by atoms with E-state index in [0.717, 1.165) is 30.3 Å². The maximum absolute atomic E-state index is 4.21. The average Bonchev–Trinajstić information content (AvgIpc) is 2.42. The largest absolute Gasteiger partial charge is 0.370 e. The maximum atomic E-state index is 4.21. The van der Waals surface area contributed by atoms with Crippen LogP contribution in [-0.4, -0.2) is 16.5 Å². The predicted molar refractivity (Wildman–Crippen MR) is 79.9 cm³/mol. The van der Waals surface area contributed by atoms with Gasteiger partial charge in [0.15, 0.2) is 0 Å².